The van der Waals surface area contributed by atoms with Crippen molar-refractivity contribution < 1.29 is 23.8 Å². The van der Waals surface area contributed by atoms with E-state index in [1.807, 2.05) is 24.5 Å². The smallest absolute Gasteiger partial charge is 0.311 e. The summed E-state index contributed by atoms with van der Waals surface area (Å²) < 4.78 is 18.9. The molecule has 0 bridgehead atoms. The molecule has 1 atom stereocenters. The second-order valence-electron chi connectivity index (χ2n) is 7.50. The number of fused-ring (bicyclic) bond motifs is 3. The first-order valence-electron chi connectivity index (χ1n) is 11.0. The lowest BCUT2D eigenvalue weighted by Crippen LogP contribution is -2.38. The van der Waals surface area contributed by atoms with E-state index >= 15 is 0 Å². The third kappa shape index (κ3) is 4.81. The Labute approximate surface area is 229 Å². The number of rotatable bonds is 6. The maximum Gasteiger partial charge on any atom is 0.311 e. The number of esters is 1. The topological polar surface area (TPSA) is 104 Å². The summed E-state index contributed by atoms with van der Waals surface area (Å²) in [6, 6.07) is 8.97. The summed E-state index contributed by atoms with van der Waals surface area (Å²) in [5.74, 6) is -0.0851. The van der Waals surface area contributed by atoms with Gasteiger partial charge in [0.1, 0.15) is 0 Å². The number of para-hydroxylation sites is 1. The van der Waals surface area contributed by atoms with Gasteiger partial charge in [-0.2, -0.15) is 4.98 Å². The molecule has 188 valence electrons. The first-order valence-corrected chi connectivity index (χ1v) is 13.8. The predicted octanol–water partition coefficient (Wildman–Crippen LogP) is 5.94. The molecule has 3 aromatic rings. The Bertz CT molecular complexity index is 1340. The van der Waals surface area contributed by atoms with Gasteiger partial charge in [-0.3, -0.25) is 14.5 Å². The number of carbonyl (C=O) groups excluding carboxylic acids is 2. The third-order valence-electron chi connectivity index (χ3n) is 5.41. The Kier molecular flexibility index (Phi) is 8.16. The zero-order valence-corrected chi connectivity index (χ0v) is 23.9. The van der Waals surface area contributed by atoms with Crippen LogP contribution < -0.4 is 19.1 Å². The number of hydrogen-bond acceptors (Lipinski definition) is 9. The number of methoxy groups -OCH3 is 1. The second-order valence-corrected chi connectivity index (χ2v) is 9.92. The monoisotopic (exact) mass is 636 g/mol. The molecule has 9 nitrogen and oxygen atoms in total. The number of benzene rings is 2. The Morgan fingerprint density at radius 3 is 2.58 bits per heavy atom. The molecule has 0 aliphatic carbocycles. The number of hydrogen-bond donors (Lipinski definition) is 0. The van der Waals surface area contributed by atoms with Gasteiger partial charge < -0.3 is 14.2 Å². The largest absolute Gasteiger partial charge is 0.493 e. The molecule has 0 unspecified atom stereocenters. The number of halogens is 2. The summed E-state index contributed by atoms with van der Waals surface area (Å²) in [6.45, 7) is 3.45. The van der Waals surface area contributed by atoms with Crippen LogP contribution in [-0.2, 0) is 9.59 Å². The fraction of sp³-hybridized carbons (Fsp3) is 0.292. The van der Waals surface area contributed by atoms with Crippen LogP contribution in [0.15, 0.2) is 44.4 Å². The minimum atomic E-state index is -1.09. The molecular formula is C24H22Br2N4O5S. The molecule has 2 aromatic carbocycles. The molecule has 0 radical (unpaired) electrons. The molecule has 1 aromatic heterocycles. The van der Waals surface area contributed by atoms with Crippen LogP contribution in [0.5, 0.6) is 17.4 Å². The lowest BCUT2D eigenvalue weighted by molar-refractivity contribution is -0.134. The fourth-order valence-electron chi connectivity index (χ4n) is 3.70. The molecule has 0 saturated carbocycles. The minimum absolute atomic E-state index is 0.131. The summed E-state index contributed by atoms with van der Waals surface area (Å²) in [5.41, 5.74) is 1.95. The summed E-state index contributed by atoms with van der Waals surface area (Å²) in [7, 11) is 1.47. The van der Waals surface area contributed by atoms with Crippen LogP contribution in [0.2, 0.25) is 0 Å². The predicted molar refractivity (Wildman–Crippen MR) is 143 cm³/mol. The summed E-state index contributed by atoms with van der Waals surface area (Å²) in [4.78, 5) is 32.0. The molecule has 1 aliphatic rings. The Morgan fingerprint density at radius 1 is 1.17 bits per heavy atom. The number of nitrogens with zero attached hydrogens (tertiary/aromatic N) is 4. The highest BCUT2D eigenvalue weighted by Crippen LogP contribution is 2.50. The average Bonchev–Trinajstić information content (AvgIpc) is 3.04. The van der Waals surface area contributed by atoms with E-state index in [9.17, 15) is 9.59 Å². The number of ether oxygens (including phenoxy) is 3. The Hall–Kier alpha value is -2.70. The highest BCUT2D eigenvalue weighted by Gasteiger charge is 2.39. The van der Waals surface area contributed by atoms with Crippen molar-refractivity contribution in [3.05, 3.63) is 44.8 Å². The van der Waals surface area contributed by atoms with Gasteiger partial charge in [-0.25, -0.2) is 0 Å². The molecule has 1 aliphatic heterocycles. The SMILES string of the molecule is CCC(=O)Oc1c(OC)cc(Br)c(Br)c1[C@@H]1Oc2nc(SC)nnc2-c2ccccc2N1C(=O)CC. The Morgan fingerprint density at radius 2 is 1.92 bits per heavy atom. The number of aromatic nitrogens is 3. The molecule has 0 spiro atoms. The van der Waals surface area contributed by atoms with Crippen LogP contribution >= 0.6 is 43.6 Å². The van der Waals surface area contributed by atoms with Crippen LogP contribution in [0.25, 0.3) is 11.3 Å². The van der Waals surface area contributed by atoms with Crippen molar-refractivity contribution in [3.8, 4) is 28.6 Å². The van der Waals surface area contributed by atoms with Gasteiger partial charge in [-0.05, 0) is 50.2 Å². The van der Waals surface area contributed by atoms with E-state index in [0.29, 0.717) is 36.6 Å². The van der Waals surface area contributed by atoms with Crippen LogP contribution in [0.1, 0.15) is 38.5 Å². The number of amides is 1. The van der Waals surface area contributed by atoms with Crippen molar-refractivity contribution in [2.45, 2.75) is 38.1 Å². The number of thioether (sulfide) groups is 1. The maximum absolute atomic E-state index is 13.5. The summed E-state index contributed by atoms with van der Waals surface area (Å²) >= 11 is 8.46. The Balaban J connectivity index is 2.08. The molecule has 0 saturated heterocycles. The van der Waals surface area contributed by atoms with Gasteiger partial charge in [0, 0.05) is 27.4 Å². The van der Waals surface area contributed by atoms with Crippen LogP contribution in [0.4, 0.5) is 5.69 Å². The maximum atomic E-state index is 13.5. The molecular weight excluding hydrogens is 616 g/mol. The lowest BCUT2D eigenvalue weighted by atomic mass is 10.1. The zero-order chi connectivity index (χ0) is 26.0. The molecule has 36 heavy (non-hydrogen) atoms. The normalized spacial score (nSPS) is 14.3. The van der Waals surface area contributed by atoms with Gasteiger partial charge in [-0.1, -0.05) is 43.8 Å². The van der Waals surface area contributed by atoms with E-state index in [1.165, 1.54) is 23.8 Å². The van der Waals surface area contributed by atoms with E-state index in [-0.39, 0.29) is 36.1 Å². The van der Waals surface area contributed by atoms with E-state index in [1.54, 1.807) is 26.0 Å². The fourth-order valence-corrected chi connectivity index (χ4v) is 4.90. The van der Waals surface area contributed by atoms with Gasteiger partial charge in [0.05, 0.1) is 18.4 Å². The van der Waals surface area contributed by atoms with E-state index < -0.39 is 12.2 Å². The molecule has 0 fully saturated rings. The van der Waals surface area contributed by atoms with Crippen molar-refractivity contribution in [1.82, 2.24) is 15.2 Å². The van der Waals surface area contributed by atoms with Gasteiger partial charge >= 0.3 is 5.97 Å². The molecule has 4 rings (SSSR count). The summed E-state index contributed by atoms with van der Waals surface area (Å²) in [5, 5.41) is 8.95. The standard InChI is InChI=1S/C24H22Br2N4O5S/c1-5-16(31)30-14-10-8-7-9-12(14)20-22(27-24(36-4)29-28-20)35-23(30)18-19(26)13(25)11-15(33-3)21(18)34-17(32)6-2/h7-11,23H,5-6H2,1-4H3/t23-/m0/s1. The zero-order valence-electron chi connectivity index (χ0n) is 19.9. The van der Waals surface area contributed by atoms with Crippen molar-refractivity contribution >= 4 is 61.2 Å². The minimum Gasteiger partial charge on any atom is -0.493 e. The highest BCUT2D eigenvalue weighted by molar-refractivity contribution is 9.13. The lowest BCUT2D eigenvalue weighted by Gasteiger charge is -2.32. The number of carbonyl (C=O) groups is 2. The first-order chi connectivity index (χ1) is 17.3. The van der Waals surface area contributed by atoms with Crippen LogP contribution in [-0.4, -0.2) is 40.4 Å². The van der Waals surface area contributed by atoms with E-state index in [0.717, 1.165) is 0 Å². The average molecular weight is 638 g/mol. The molecule has 1 amide bonds. The second kappa shape index (κ2) is 11.1. The van der Waals surface area contributed by atoms with Crippen molar-refractivity contribution in [3.63, 3.8) is 0 Å². The van der Waals surface area contributed by atoms with Crippen LogP contribution in [0, 0.1) is 0 Å². The van der Waals surface area contributed by atoms with Crippen LogP contribution in [0.3, 0.4) is 0 Å². The van der Waals surface area contributed by atoms with Gasteiger partial charge in [0.2, 0.25) is 23.2 Å². The van der Waals surface area contributed by atoms with E-state index in [4.69, 9.17) is 14.2 Å². The molecule has 2 heterocycles. The van der Waals surface area contributed by atoms with Crippen molar-refractivity contribution in [2.24, 2.45) is 0 Å². The van der Waals surface area contributed by atoms with Crippen molar-refractivity contribution in [1.29, 1.82) is 0 Å². The first kappa shape index (κ1) is 26.4. The highest BCUT2D eigenvalue weighted by atomic mass is 79.9. The van der Waals surface area contributed by atoms with Gasteiger partial charge in [0.25, 0.3) is 0 Å². The third-order valence-corrected chi connectivity index (χ3v) is 7.96. The van der Waals surface area contributed by atoms with Crippen molar-refractivity contribution in [2.75, 3.05) is 18.3 Å². The van der Waals surface area contributed by atoms with Gasteiger partial charge in [0.15, 0.2) is 17.2 Å². The van der Waals surface area contributed by atoms with E-state index in [2.05, 4.69) is 47.0 Å². The number of anilines is 1. The molecule has 0 N–H and O–H groups in total. The van der Waals surface area contributed by atoms with Gasteiger partial charge in [-0.15, -0.1) is 10.2 Å². The quantitative estimate of drug-likeness (QED) is 0.184. The molecule has 12 heteroatoms. The summed E-state index contributed by atoms with van der Waals surface area (Å²) in [6.07, 6.45) is 1.06.